The van der Waals surface area contributed by atoms with Crippen LogP contribution in [0.3, 0.4) is 0 Å². The second kappa shape index (κ2) is 5.89. The molecule has 24 heavy (non-hydrogen) atoms. The van der Waals surface area contributed by atoms with Crippen LogP contribution in [0, 0.1) is 6.92 Å². The van der Waals surface area contributed by atoms with Crippen molar-refractivity contribution in [3.63, 3.8) is 0 Å². The second-order valence-electron chi connectivity index (χ2n) is 6.35. The third kappa shape index (κ3) is 2.44. The van der Waals surface area contributed by atoms with E-state index in [1.165, 1.54) is 11.1 Å². The van der Waals surface area contributed by atoms with Crippen LogP contribution in [0.5, 0.6) is 0 Å². The van der Waals surface area contributed by atoms with Gasteiger partial charge in [0, 0.05) is 6.54 Å². The number of rotatable bonds is 2. The van der Waals surface area contributed by atoms with Crippen molar-refractivity contribution >= 4 is 0 Å². The van der Waals surface area contributed by atoms with Crippen molar-refractivity contribution < 1.29 is 5.11 Å². The van der Waals surface area contributed by atoms with Gasteiger partial charge in [0.1, 0.15) is 5.82 Å². The number of nitrogens with zero attached hydrogens (tertiary/aromatic N) is 2. The Labute approximate surface area is 141 Å². The lowest BCUT2D eigenvalue weighted by atomic mass is 9.94. The van der Waals surface area contributed by atoms with Crippen molar-refractivity contribution in [2.24, 2.45) is 0 Å². The van der Waals surface area contributed by atoms with Crippen LogP contribution >= 0.6 is 0 Å². The molecule has 2 aromatic carbocycles. The van der Waals surface area contributed by atoms with Crippen LogP contribution < -0.4 is 5.32 Å². The summed E-state index contributed by atoms with van der Waals surface area (Å²) in [4.78, 5) is 4.47. The van der Waals surface area contributed by atoms with E-state index in [0.717, 1.165) is 29.3 Å². The number of aliphatic hydroxyl groups excluding tert-OH is 1. The molecule has 4 nitrogen and oxygen atoms in total. The van der Waals surface area contributed by atoms with Gasteiger partial charge in [-0.05, 0) is 42.7 Å². The minimum atomic E-state index is -0.488. The molecule has 0 spiro atoms. The van der Waals surface area contributed by atoms with Gasteiger partial charge in [0.2, 0.25) is 0 Å². The van der Waals surface area contributed by atoms with E-state index in [2.05, 4.69) is 51.3 Å². The minimum Gasteiger partial charge on any atom is -0.389 e. The average molecular weight is 319 g/mol. The summed E-state index contributed by atoms with van der Waals surface area (Å²) in [5.74, 6) is 0.978. The molecular weight excluding hydrogens is 298 g/mol. The Bertz CT molecular complexity index is 868. The van der Waals surface area contributed by atoms with E-state index in [9.17, 15) is 5.11 Å². The first kappa shape index (κ1) is 15.1. The fourth-order valence-electron chi connectivity index (χ4n) is 3.47. The molecule has 3 aromatic rings. The maximum absolute atomic E-state index is 10.0. The molecule has 2 atom stereocenters. The number of nitrogens with one attached hydrogen (secondary N) is 1. The van der Waals surface area contributed by atoms with Gasteiger partial charge in [0.25, 0.3) is 0 Å². The van der Waals surface area contributed by atoms with Crippen molar-refractivity contribution in [3.05, 3.63) is 82.9 Å². The van der Waals surface area contributed by atoms with Gasteiger partial charge in [-0.1, -0.05) is 36.4 Å². The summed E-state index contributed by atoms with van der Waals surface area (Å²) in [6.07, 6.45) is 1.44. The van der Waals surface area contributed by atoms with Gasteiger partial charge in [-0.3, -0.25) is 4.57 Å². The molecule has 4 heteroatoms. The smallest absolute Gasteiger partial charge is 0.110 e. The topological polar surface area (TPSA) is 50.1 Å². The van der Waals surface area contributed by atoms with E-state index in [1.807, 2.05) is 25.3 Å². The van der Waals surface area contributed by atoms with Crippen molar-refractivity contribution in [3.8, 4) is 5.69 Å². The third-order valence-corrected chi connectivity index (χ3v) is 4.72. The van der Waals surface area contributed by atoms with Crippen LogP contribution in [-0.2, 0) is 6.54 Å². The number of hydrogen-bond donors (Lipinski definition) is 2. The number of imidazole rings is 1. The monoisotopic (exact) mass is 319 g/mol. The van der Waals surface area contributed by atoms with Gasteiger partial charge < -0.3 is 10.4 Å². The highest BCUT2D eigenvalue weighted by atomic mass is 16.3. The van der Waals surface area contributed by atoms with Crippen LogP contribution in [0.2, 0.25) is 0 Å². The molecular formula is C20H21N3O. The van der Waals surface area contributed by atoms with E-state index >= 15 is 0 Å². The summed E-state index contributed by atoms with van der Waals surface area (Å²) in [6, 6.07) is 16.7. The summed E-state index contributed by atoms with van der Waals surface area (Å²) < 4.78 is 2.21. The van der Waals surface area contributed by atoms with Gasteiger partial charge in [0.15, 0.2) is 0 Å². The molecule has 0 saturated carbocycles. The number of aryl methyl sites for hydroxylation is 1. The number of aliphatic hydroxyl groups is 1. The van der Waals surface area contributed by atoms with E-state index in [1.54, 1.807) is 6.92 Å². The van der Waals surface area contributed by atoms with Gasteiger partial charge in [-0.25, -0.2) is 4.98 Å². The normalized spacial score (nSPS) is 17.7. The highest BCUT2D eigenvalue weighted by Gasteiger charge is 2.25. The Morgan fingerprint density at radius 3 is 2.75 bits per heavy atom. The van der Waals surface area contributed by atoms with Crippen LogP contribution in [-0.4, -0.2) is 14.7 Å². The van der Waals surface area contributed by atoms with E-state index in [4.69, 9.17) is 0 Å². The molecule has 0 aliphatic carbocycles. The number of fused-ring (bicyclic) bond motifs is 3. The Balaban J connectivity index is 1.95. The number of aromatic nitrogens is 2. The molecule has 4 rings (SSSR count). The predicted octanol–water partition coefficient (Wildman–Crippen LogP) is 3.43. The number of benzene rings is 2. The highest BCUT2D eigenvalue weighted by Crippen LogP contribution is 2.34. The van der Waals surface area contributed by atoms with E-state index in [0.29, 0.717) is 0 Å². The quantitative estimate of drug-likeness (QED) is 0.761. The first-order valence-electron chi connectivity index (χ1n) is 8.29. The van der Waals surface area contributed by atoms with Crippen LogP contribution in [0.25, 0.3) is 5.69 Å². The standard InChI is InChI=1S/C20H21N3O/c1-13(24)16-8-9-19-18(10-16)20(15-6-4-3-5-7-15)22-12-17-11-21-14(2)23(17)19/h3-11,13,20,22,24H,12H2,1-2H3. The molecule has 1 aliphatic heterocycles. The largest absolute Gasteiger partial charge is 0.389 e. The SMILES string of the molecule is Cc1ncc2n1-c1ccc(C(C)O)cc1C(c1ccccc1)NC2. The third-order valence-electron chi connectivity index (χ3n) is 4.72. The van der Waals surface area contributed by atoms with Crippen molar-refractivity contribution in [1.82, 2.24) is 14.9 Å². The molecule has 0 radical (unpaired) electrons. The molecule has 2 unspecified atom stereocenters. The molecule has 1 aromatic heterocycles. The Morgan fingerprint density at radius 1 is 1.21 bits per heavy atom. The maximum Gasteiger partial charge on any atom is 0.110 e. The van der Waals surface area contributed by atoms with Crippen molar-refractivity contribution in [2.45, 2.75) is 32.5 Å². The molecule has 122 valence electrons. The first-order valence-corrected chi connectivity index (χ1v) is 8.29. The molecule has 0 amide bonds. The molecule has 2 N–H and O–H groups in total. The zero-order valence-electron chi connectivity index (χ0n) is 13.9. The lowest BCUT2D eigenvalue weighted by molar-refractivity contribution is 0.199. The molecule has 2 heterocycles. The summed E-state index contributed by atoms with van der Waals surface area (Å²) in [6.45, 7) is 4.58. The Kier molecular flexibility index (Phi) is 3.71. The van der Waals surface area contributed by atoms with Crippen molar-refractivity contribution in [2.75, 3.05) is 0 Å². The first-order chi connectivity index (χ1) is 11.6. The fraction of sp³-hybridized carbons (Fsp3) is 0.250. The molecule has 0 saturated heterocycles. The Morgan fingerprint density at radius 2 is 2.00 bits per heavy atom. The van der Waals surface area contributed by atoms with E-state index in [-0.39, 0.29) is 6.04 Å². The summed E-state index contributed by atoms with van der Waals surface area (Å²) in [5, 5.41) is 13.7. The van der Waals surface area contributed by atoms with Crippen LogP contribution in [0.1, 0.15) is 47.3 Å². The second-order valence-corrected chi connectivity index (χ2v) is 6.35. The van der Waals surface area contributed by atoms with Gasteiger partial charge in [-0.2, -0.15) is 0 Å². The zero-order chi connectivity index (χ0) is 16.7. The molecule has 0 bridgehead atoms. The minimum absolute atomic E-state index is 0.0826. The maximum atomic E-state index is 10.0. The van der Waals surface area contributed by atoms with Crippen molar-refractivity contribution in [1.29, 1.82) is 0 Å². The summed E-state index contributed by atoms with van der Waals surface area (Å²) in [5.41, 5.74) is 5.59. The van der Waals surface area contributed by atoms with Crippen LogP contribution in [0.4, 0.5) is 0 Å². The lowest BCUT2D eigenvalue weighted by Crippen LogP contribution is -2.21. The molecule has 0 fully saturated rings. The fourth-order valence-corrected chi connectivity index (χ4v) is 3.47. The highest BCUT2D eigenvalue weighted by molar-refractivity contribution is 5.51. The predicted molar refractivity (Wildman–Crippen MR) is 94.1 cm³/mol. The zero-order valence-corrected chi connectivity index (χ0v) is 13.9. The van der Waals surface area contributed by atoms with E-state index < -0.39 is 6.10 Å². The Hall–Kier alpha value is -2.43. The summed E-state index contributed by atoms with van der Waals surface area (Å²) in [7, 11) is 0. The van der Waals surface area contributed by atoms with Crippen LogP contribution in [0.15, 0.2) is 54.7 Å². The molecule has 1 aliphatic rings. The lowest BCUT2D eigenvalue weighted by Gasteiger charge is -2.21. The summed E-state index contributed by atoms with van der Waals surface area (Å²) >= 11 is 0. The average Bonchev–Trinajstić information content (AvgIpc) is 2.87. The van der Waals surface area contributed by atoms with Gasteiger partial charge >= 0.3 is 0 Å². The van der Waals surface area contributed by atoms with Gasteiger partial charge in [0.05, 0.1) is 29.7 Å². The van der Waals surface area contributed by atoms with Gasteiger partial charge in [-0.15, -0.1) is 0 Å². The number of hydrogen-bond acceptors (Lipinski definition) is 3.